The molecule has 1 amide bonds. The predicted molar refractivity (Wildman–Crippen MR) is 56.5 cm³/mol. The topological polar surface area (TPSA) is 98.2 Å². The van der Waals surface area contributed by atoms with Crippen molar-refractivity contribution >= 4 is 16.0 Å². The van der Waals surface area contributed by atoms with Crippen molar-refractivity contribution in [2.75, 3.05) is 45.1 Å². The Bertz CT molecular complexity index is 334. The molecule has 2 N–H and O–H groups in total. The average molecular weight is 252 g/mol. The van der Waals surface area contributed by atoms with Crippen molar-refractivity contribution in [1.82, 2.24) is 9.80 Å². The fourth-order valence-corrected chi connectivity index (χ4v) is 2.05. The molecule has 0 aromatic rings. The number of carbonyl (C=O) groups excluding carboxylic acids is 1. The van der Waals surface area contributed by atoms with Crippen LogP contribution in [-0.4, -0.2) is 78.9 Å². The molecule has 94 valence electrons. The first-order valence-electron chi connectivity index (χ1n) is 4.98. The molecule has 0 aliphatic carbocycles. The zero-order chi connectivity index (χ0) is 12.2. The Balaban J connectivity index is 2.30. The van der Waals surface area contributed by atoms with Crippen LogP contribution < -0.4 is 0 Å². The third-order valence-electron chi connectivity index (χ3n) is 2.53. The fraction of sp³-hybridized carbons (Fsp3) is 0.875. The Hall–Kier alpha value is -0.700. The van der Waals surface area contributed by atoms with Crippen molar-refractivity contribution in [2.45, 2.75) is 0 Å². The molecule has 0 unspecified atom stereocenters. The van der Waals surface area contributed by atoms with Crippen molar-refractivity contribution in [2.24, 2.45) is 0 Å². The molecule has 8 heteroatoms. The summed E-state index contributed by atoms with van der Waals surface area (Å²) in [6, 6.07) is 0. The summed E-state index contributed by atoms with van der Waals surface area (Å²) in [5.74, 6) is -0.601. The van der Waals surface area contributed by atoms with Gasteiger partial charge in [-0.2, -0.15) is 8.42 Å². The van der Waals surface area contributed by atoms with Gasteiger partial charge in [-0.1, -0.05) is 0 Å². The minimum Gasteiger partial charge on any atom is -0.387 e. The Morgan fingerprint density at radius 1 is 1.19 bits per heavy atom. The molecule has 1 aliphatic rings. The highest BCUT2D eigenvalue weighted by Gasteiger charge is 2.21. The standard InChI is InChI=1S/C8H16N2O5S/c11-7-8(12)10-3-1-9(2-4-10)5-6-16(13,14)15/h11H,1-7H2,(H,13,14,15). The third-order valence-corrected chi connectivity index (χ3v) is 3.22. The van der Waals surface area contributed by atoms with Crippen molar-refractivity contribution in [1.29, 1.82) is 0 Å². The van der Waals surface area contributed by atoms with E-state index in [1.54, 1.807) is 0 Å². The number of hydrogen-bond donors (Lipinski definition) is 2. The van der Waals surface area contributed by atoms with Gasteiger partial charge < -0.3 is 10.0 Å². The number of amides is 1. The number of aliphatic hydroxyl groups is 1. The van der Waals surface area contributed by atoms with Gasteiger partial charge in [0.25, 0.3) is 10.1 Å². The van der Waals surface area contributed by atoms with E-state index in [4.69, 9.17) is 9.66 Å². The molecule has 1 fully saturated rings. The lowest BCUT2D eigenvalue weighted by Crippen LogP contribution is -2.50. The van der Waals surface area contributed by atoms with Gasteiger partial charge in [0.05, 0.1) is 5.75 Å². The third kappa shape index (κ3) is 4.44. The second kappa shape index (κ2) is 5.58. The SMILES string of the molecule is O=C(CO)N1CCN(CCS(=O)(=O)O)CC1. The molecular weight excluding hydrogens is 236 g/mol. The molecule has 1 saturated heterocycles. The maximum absolute atomic E-state index is 11.1. The van der Waals surface area contributed by atoms with E-state index in [9.17, 15) is 13.2 Å². The highest BCUT2D eigenvalue weighted by atomic mass is 32.2. The van der Waals surface area contributed by atoms with Crippen LogP contribution in [0, 0.1) is 0 Å². The van der Waals surface area contributed by atoms with Crippen LogP contribution in [0.2, 0.25) is 0 Å². The summed E-state index contributed by atoms with van der Waals surface area (Å²) in [4.78, 5) is 14.5. The first-order valence-corrected chi connectivity index (χ1v) is 6.59. The van der Waals surface area contributed by atoms with E-state index in [1.165, 1.54) is 4.90 Å². The number of aliphatic hydroxyl groups excluding tert-OH is 1. The lowest BCUT2D eigenvalue weighted by atomic mass is 10.3. The van der Waals surface area contributed by atoms with Crippen molar-refractivity contribution < 1.29 is 22.9 Å². The van der Waals surface area contributed by atoms with Crippen LogP contribution in [0.3, 0.4) is 0 Å². The van der Waals surface area contributed by atoms with Gasteiger partial charge in [-0.05, 0) is 0 Å². The largest absolute Gasteiger partial charge is 0.387 e. The molecule has 0 aromatic heterocycles. The molecule has 1 aliphatic heterocycles. The van der Waals surface area contributed by atoms with Crippen LogP contribution >= 0.6 is 0 Å². The number of carbonyl (C=O) groups is 1. The van der Waals surface area contributed by atoms with Gasteiger partial charge in [0.15, 0.2) is 0 Å². The Kier molecular flexibility index (Phi) is 4.66. The number of nitrogens with zero attached hydrogens (tertiary/aromatic N) is 2. The second-order valence-electron chi connectivity index (χ2n) is 3.67. The van der Waals surface area contributed by atoms with E-state index in [1.807, 2.05) is 4.90 Å². The summed E-state index contributed by atoms with van der Waals surface area (Å²) in [5, 5.41) is 8.65. The Morgan fingerprint density at radius 2 is 1.75 bits per heavy atom. The van der Waals surface area contributed by atoms with Crippen LogP contribution in [0.1, 0.15) is 0 Å². The minimum atomic E-state index is -3.92. The first kappa shape index (κ1) is 13.4. The summed E-state index contributed by atoms with van der Waals surface area (Å²) < 4.78 is 29.6. The summed E-state index contributed by atoms with van der Waals surface area (Å²) >= 11 is 0. The minimum absolute atomic E-state index is 0.264. The normalized spacial score (nSPS) is 18.8. The fourth-order valence-electron chi connectivity index (χ4n) is 1.57. The maximum atomic E-state index is 11.1. The number of hydrogen-bond acceptors (Lipinski definition) is 5. The van der Waals surface area contributed by atoms with Gasteiger partial charge in [-0.3, -0.25) is 14.2 Å². The second-order valence-corrected chi connectivity index (χ2v) is 5.24. The predicted octanol–water partition coefficient (Wildman–Crippen LogP) is -1.99. The summed E-state index contributed by atoms with van der Waals surface area (Å²) in [7, 11) is -3.92. The van der Waals surface area contributed by atoms with E-state index in [2.05, 4.69) is 0 Å². The van der Waals surface area contributed by atoms with E-state index >= 15 is 0 Å². The van der Waals surface area contributed by atoms with E-state index < -0.39 is 16.7 Å². The molecular formula is C8H16N2O5S. The van der Waals surface area contributed by atoms with Gasteiger partial charge in [0.1, 0.15) is 6.61 Å². The molecule has 0 saturated carbocycles. The Morgan fingerprint density at radius 3 is 2.19 bits per heavy atom. The summed E-state index contributed by atoms with van der Waals surface area (Å²) in [6.07, 6.45) is 0. The maximum Gasteiger partial charge on any atom is 0.266 e. The highest BCUT2D eigenvalue weighted by molar-refractivity contribution is 7.85. The molecule has 0 radical (unpaired) electrons. The molecule has 7 nitrogen and oxygen atoms in total. The molecule has 1 rings (SSSR count). The molecule has 0 bridgehead atoms. The van der Waals surface area contributed by atoms with Crippen LogP contribution in [-0.2, 0) is 14.9 Å². The lowest BCUT2D eigenvalue weighted by Gasteiger charge is -2.34. The molecule has 0 aromatic carbocycles. The summed E-state index contributed by atoms with van der Waals surface area (Å²) in [5.41, 5.74) is 0. The molecule has 0 atom stereocenters. The molecule has 16 heavy (non-hydrogen) atoms. The van der Waals surface area contributed by atoms with Crippen LogP contribution in [0.15, 0.2) is 0 Å². The van der Waals surface area contributed by atoms with Crippen molar-refractivity contribution in [3.8, 4) is 0 Å². The average Bonchev–Trinajstić information content (AvgIpc) is 2.25. The molecule has 0 spiro atoms. The quantitative estimate of drug-likeness (QED) is 0.562. The highest BCUT2D eigenvalue weighted by Crippen LogP contribution is 2.02. The zero-order valence-electron chi connectivity index (χ0n) is 8.87. The smallest absolute Gasteiger partial charge is 0.266 e. The Labute approximate surface area is 94.4 Å². The monoisotopic (exact) mass is 252 g/mol. The van der Waals surface area contributed by atoms with Crippen LogP contribution in [0.25, 0.3) is 0 Å². The van der Waals surface area contributed by atoms with Gasteiger partial charge in [0.2, 0.25) is 5.91 Å². The van der Waals surface area contributed by atoms with Crippen LogP contribution in [0.4, 0.5) is 0 Å². The van der Waals surface area contributed by atoms with Crippen molar-refractivity contribution in [3.63, 3.8) is 0 Å². The van der Waals surface area contributed by atoms with E-state index in [0.29, 0.717) is 26.2 Å². The number of rotatable bonds is 4. The van der Waals surface area contributed by atoms with Gasteiger partial charge in [-0.25, -0.2) is 0 Å². The van der Waals surface area contributed by atoms with E-state index in [-0.39, 0.29) is 18.2 Å². The molecule has 1 heterocycles. The zero-order valence-corrected chi connectivity index (χ0v) is 9.69. The van der Waals surface area contributed by atoms with Gasteiger partial charge in [-0.15, -0.1) is 0 Å². The lowest BCUT2D eigenvalue weighted by molar-refractivity contribution is -0.135. The summed E-state index contributed by atoms with van der Waals surface area (Å²) in [6.45, 7) is 1.84. The first-order chi connectivity index (χ1) is 7.42. The van der Waals surface area contributed by atoms with Crippen LogP contribution in [0.5, 0.6) is 0 Å². The number of piperazine rings is 1. The van der Waals surface area contributed by atoms with Crippen molar-refractivity contribution in [3.05, 3.63) is 0 Å². The van der Waals surface area contributed by atoms with Gasteiger partial charge >= 0.3 is 0 Å². The van der Waals surface area contributed by atoms with E-state index in [0.717, 1.165) is 0 Å². The van der Waals surface area contributed by atoms with Gasteiger partial charge in [0, 0.05) is 32.7 Å².